The molecular weight excluding hydrogens is 370 g/mol. The van der Waals surface area contributed by atoms with E-state index in [1.165, 1.54) is 0 Å². The Morgan fingerprint density at radius 3 is 2.86 bits per heavy atom. The number of amides is 2. The van der Waals surface area contributed by atoms with E-state index in [0.29, 0.717) is 36.5 Å². The van der Waals surface area contributed by atoms with Crippen LogP contribution in [0.4, 0.5) is 5.69 Å². The minimum atomic E-state index is -1.09. The van der Waals surface area contributed by atoms with Crippen LogP contribution in [-0.2, 0) is 9.59 Å². The van der Waals surface area contributed by atoms with E-state index in [1.807, 2.05) is 32.1 Å². The maximum absolute atomic E-state index is 13.7. The van der Waals surface area contributed by atoms with E-state index in [2.05, 4.69) is 5.32 Å². The van der Waals surface area contributed by atoms with Crippen LogP contribution in [0.1, 0.15) is 38.7 Å². The largest absolute Gasteiger partial charge is 0.618 e. The van der Waals surface area contributed by atoms with Gasteiger partial charge in [-0.25, -0.2) is 0 Å². The van der Waals surface area contributed by atoms with E-state index in [4.69, 9.17) is 4.74 Å². The molecule has 2 bridgehead atoms. The number of hydrogen-bond acceptors (Lipinski definition) is 4. The predicted molar refractivity (Wildman–Crippen MR) is 106 cm³/mol. The Morgan fingerprint density at radius 1 is 1.31 bits per heavy atom. The summed E-state index contributed by atoms with van der Waals surface area (Å²) in [6.07, 6.45) is 3.99. The van der Waals surface area contributed by atoms with Crippen LogP contribution in [0.25, 0.3) is 5.57 Å². The van der Waals surface area contributed by atoms with E-state index in [-0.39, 0.29) is 17.7 Å². The molecule has 1 N–H and O–H groups in total. The van der Waals surface area contributed by atoms with Gasteiger partial charge in [-0.1, -0.05) is 0 Å². The second-order valence-corrected chi connectivity index (χ2v) is 9.48. The van der Waals surface area contributed by atoms with Gasteiger partial charge in [0.25, 0.3) is 5.91 Å². The Balaban J connectivity index is 1.64. The van der Waals surface area contributed by atoms with E-state index in [1.54, 1.807) is 18.1 Å². The summed E-state index contributed by atoms with van der Waals surface area (Å²) in [5.41, 5.74) is 0.308. The second kappa shape index (κ2) is 4.83. The molecule has 4 saturated heterocycles. The molecule has 2 spiro atoms. The van der Waals surface area contributed by atoms with Gasteiger partial charge in [0.2, 0.25) is 17.3 Å². The number of nitrogens with one attached hydrogen (secondary N) is 1. The smallest absolute Gasteiger partial charge is 0.253 e. The fourth-order valence-electron chi connectivity index (χ4n) is 6.59. The molecule has 150 valence electrons. The van der Waals surface area contributed by atoms with Crippen molar-refractivity contribution >= 4 is 28.8 Å². The second-order valence-electron chi connectivity index (χ2n) is 9.48. The lowest BCUT2D eigenvalue weighted by Gasteiger charge is -2.62. The highest BCUT2D eigenvalue weighted by atomic mass is 16.5. The lowest BCUT2D eigenvalue weighted by molar-refractivity contribution is -0.362. The van der Waals surface area contributed by atoms with Crippen LogP contribution < -0.4 is 10.1 Å². The first-order valence-corrected chi connectivity index (χ1v) is 10.2. The quantitative estimate of drug-likeness (QED) is 0.584. The number of rotatable bonds is 1. The lowest BCUT2D eigenvalue weighted by atomic mass is 9.51. The van der Waals surface area contributed by atoms with Gasteiger partial charge in [-0.05, 0) is 51.3 Å². The number of ether oxygens (including phenoxy) is 1. The van der Waals surface area contributed by atoms with Crippen LogP contribution >= 0.6 is 0 Å². The Kier molecular flexibility index (Phi) is 2.84. The Bertz CT molecular complexity index is 1090. The number of piperidine rings is 2. The summed E-state index contributed by atoms with van der Waals surface area (Å²) in [6.45, 7) is 4.69. The van der Waals surface area contributed by atoms with Gasteiger partial charge in [0.15, 0.2) is 0 Å². The summed E-state index contributed by atoms with van der Waals surface area (Å²) < 4.78 is 6.30. The molecule has 5 heterocycles. The van der Waals surface area contributed by atoms with Crippen molar-refractivity contribution < 1.29 is 19.1 Å². The minimum Gasteiger partial charge on any atom is -0.618 e. The van der Waals surface area contributed by atoms with Gasteiger partial charge in [-0.3, -0.25) is 9.59 Å². The molecule has 7 heteroatoms. The van der Waals surface area contributed by atoms with E-state index in [0.717, 1.165) is 22.3 Å². The van der Waals surface area contributed by atoms with Gasteiger partial charge >= 0.3 is 0 Å². The van der Waals surface area contributed by atoms with E-state index < -0.39 is 16.5 Å². The number of fused-ring (bicyclic) bond motifs is 4. The Morgan fingerprint density at radius 2 is 2.10 bits per heavy atom. The summed E-state index contributed by atoms with van der Waals surface area (Å²) in [6, 6.07) is 5.42. The zero-order valence-corrected chi connectivity index (χ0v) is 16.7. The fourth-order valence-corrected chi connectivity index (χ4v) is 6.59. The van der Waals surface area contributed by atoms with Crippen molar-refractivity contribution in [2.24, 2.45) is 11.3 Å². The molecule has 1 unspecified atom stereocenters. The number of benzene rings is 1. The first kappa shape index (κ1) is 17.1. The zero-order valence-electron chi connectivity index (χ0n) is 16.7. The predicted octanol–water partition coefficient (Wildman–Crippen LogP) is 1.96. The summed E-state index contributed by atoms with van der Waals surface area (Å²) >= 11 is 0. The van der Waals surface area contributed by atoms with E-state index >= 15 is 0 Å². The number of hydrogen-bond donors (Lipinski definition) is 1. The minimum absolute atomic E-state index is 0.0233. The number of nitrogens with zero attached hydrogens (tertiary/aromatic N) is 2. The highest BCUT2D eigenvalue weighted by molar-refractivity contribution is 6.30. The number of methoxy groups -OCH3 is 1. The number of carbonyl (C=O) groups is 2. The maximum Gasteiger partial charge on any atom is 0.253 e. The molecular formula is C22H23N3O4. The standard InChI is InChI=1S/C22H23N3O4/c1-20(2)16-11-21-7-4-8-24(21)19(27)22(16,23-18(21)26)10-14-13-6-5-12(29-3)9-15(13)25(28)17(14)20/h5-6,9-10,16H,4,7-8,11H2,1-3H3,(H,23,26)/t16?,21-,22-/m0/s1. The van der Waals surface area contributed by atoms with Gasteiger partial charge in [-0.15, -0.1) is 0 Å². The molecule has 7 rings (SSSR count). The highest BCUT2D eigenvalue weighted by Crippen LogP contribution is 2.60. The molecule has 7 nitrogen and oxygen atoms in total. The third-order valence-corrected chi connectivity index (χ3v) is 7.95. The van der Waals surface area contributed by atoms with Crippen molar-refractivity contribution in [1.29, 1.82) is 0 Å². The van der Waals surface area contributed by atoms with Crippen molar-refractivity contribution in [3.8, 4) is 5.75 Å². The molecule has 1 aromatic carbocycles. The molecule has 1 aliphatic carbocycles. The lowest BCUT2D eigenvalue weighted by Crippen LogP contribution is -2.83. The Hall–Kier alpha value is -2.83. The fraction of sp³-hybridized carbons (Fsp3) is 0.500. The average molecular weight is 393 g/mol. The topological polar surface area (TPSA) is 84.7 Å². The van der Waals surface area contributed by atoms with Crippen molar-refractivity contribution in [2.75, 3.05) is 13.7 Å². The highest BCUT2D eigenvalue weighted by Gasteiger charge is 2.73. The summed E-state index contributed by atoms with van der Waals surface area (Å²) in [5, 5.41) is 16.5. The van der Waals surface area contributed by atoms with Crippen LogP contribution in [0, 0.1) is 16.5 Å². The SMILES string of the molecule is COc1ccc2c(c1)[N+]([O-])=C1C2=C[C@@]23NC(=O)[C@]4(CCCN4C2=O)CC3C1(C)C. The molecule has 0 radical (unpaired) electrons. The molecule has 0 aromatic heterocycles. The molecule has 2 amide bonds. The van der Waals surface area contributed by atoms with Crippen LogP contribution in [-0.4, -0.2) is 51.9 Å². The van der Waals surface area contributed by atoms with Crippen LogP contribution in [0.2, 0.25) is 0 Å². The van der Waals surface area contributed by atoms with Gasteiger partial charge in [0.1, 0.15) is 16.8 Å². The molecule has 4 fully saturated rings. The average Bonchev–Trinajstić information content (AvgIpc) is 3.24. The van der Waals surface area contributed by atoms with Gasteiger partial charge in [0.05, 0.1) is 29.7 Å². The van der Waals surface area contributed by atoms with Gasteiger partial charge < -0.3 is 20.2 Å². The maximum atomic E-state index is 13.7. The molecule has 1 aromatic rings. The molecule has 6 aliphatic rings. The number of allylic oxidation sites excluding steroid dienone is 1. The molecule has 0 saturated carbocycles. The zero-order chi connectivity index (χ0) is 20.3. The Labute approximate surface area is 168 Å². The van der Waals surface area contributed by atoms with Gasteiger partial charge in [0, 0.05) is 12.5 Å². The molecule has 5 aliphatic heterocycles. The molecule has 3 atom stereocenters. The van der Waals surface area contributed by atoms with Crippen molar-refractivity contribution in [2.45, 2.75) is 44.2 Å². The number of piperazine rings is 1. The van der Waals surface area contributed by atoms with Crippen LogP contribution in [0.5, 0.6) is 5.75 Å². The normalized spacial score (nSPS) is 35.6. The van der Waals surface area contributed by atoms with Crippen LogP contribution in [0.15, 0.2) is 24.3 Å². The van der Waals surface area contributed by atoms with E-state index in [9.17, 15) is 14.8 Å². The van der Waals surface area contributed by atoms with Crippen molar-refractivity contribution in [3.63, 3.8) is 0 Å². The summed E-state index contributed by atoms with van der Waals surface area (Å²) in [5.74, 6) is 0.377. The third kappa shape index (κ3) is 1.66. The summed E-state index contributed by atoms with van der Waals surface area (Å²) in [7, 11) is 1.57. The summed E-state index contributed by atoms with van der Waals surface area (Å²) in [4.78, 5) is 28.6. The van der Waals surface area contributed by atoms with Gasteiger partial charge in [-0.2, -0.15) is 4.74 Å². The first-order valence-electron chi connectivity index (χ1n) is 10.2. The first-order chi connectivity index (χ1) is 13.8. The monoisotopic (exact) mass is 393 g/mol. The van der Waals surface area contributed by atoms with Crippen molar-refractivity contribution in [1.82, 2.24) is 10.2 Å². The molecule has 29 heavy (non-hydrogen) atoms. The van der Waals surface area contributed by atoms with Crippen molar-refractivity contribution in [3.05, 3.63) is 35.0 Å². The van der Waals surface area contributed by atoms with Crippen LogP contribution in [0.3, 0.4) is 0 Å². The number of carbonyl (C=O) groups excluding carboxylic acids is 2. The third-order valence-electron chi connectivity index (χ3n) is 7.95.